The average Bonchev–Trinajstić information content (AvgIpc) is 2.76. The van der Waals surface area contributed by atoms with E-state index in [1.54, 1.807) is 27.7 Å². The molecular formula is C17H20F3NO3. The number of rotatable bonds is 2. The van der Waals surface area contributed by atoms with Gasteiger partial charge in [-0.2, -0.15) is 13.2 Å². The van der Waals surface area contributed by atoms with Crippen molar-refractivity contribution in [1.82, 2.24) is 0 Å². The summed E-state index contributed by atoms with van der Waals surface area (Å²) in [5, 5.41) is 0. The van der Waals surface area contributed by atoms with Crippen LogP contribution in [0.15, 0.2) is 18.2 Å². The zero-order valence-corrected chi connectivity index (χ0v) is 14.0. The molecule has 0 spiro atoms. The number of hydrogen-bond acceptors (Lipinski definition) is 3. The first-order valence-corrected chi connectivity index (χ1v) is 7.68. The van der Waals surface area contributed by atoms with Crippen LogP contribution in [-0.4, -0.2) is 24.0 Å². The first-order valence-electron chi connectivity index (χ1n) is 7.68. The standard InChI is InChI=1S/C17H20F3NO3/c1-5-13-12(9-22)11-8-10(17(18,19)20)6-7-14(11)21(13)15(23)24-16(2,3)4/h6-9,12-13H,5H2,1-4H3. The van der Waals surface area contributed by atoms with Gasteiger partial charge in [0.25, 0.3) is 0 Å². The minimum absolute atomic E-state index is 0.206. The monoisotopic (exact) mass is 343 g/mol. The second-order valence-corrected chi connectivity index (χ2v) is 6.76. The molecule has 2 unspecified atom stereocenters. The first-order chi connectivity index (χ1) is 11.0. The van der Waals surface area contributed by atoms with E-state index in [1.165, 1.54) is 11.0 Å². The predicted molar refractivity (Wildman–Crippen MR) is 83.0 cm³/mol. The summed E-state index contributed by atoms with van der Waals surface area (Å²) in [5.74, 6) is -0.806. The molecule has 2 rings (SSSR count). The lowest BCUT2D eigenvalue weighted by Crippen LogP contribution is -2.42. The topological polar surface area (TPSA) is 46.6 Å². The number of carbonyl (C=O) groups is 2. The maximum atomic E-state index is 13.0. The number of anilines is 1. The van der Waals surface area contributed by atoms with Crippen molar-refractivity contribution in [2.45, 2.75) is 57.9 Å². The van der Waals surface area contributed by atoms with Crippen LogP contribution < -0.4 is 4.90 Å². The van der Waals surface area contributed by atoms with E-state index in [0.29, 0.717) is 18.4 Å². The largest absolute Gasteiger partial charge is 0.443 e. The van der Waals surface area contributed by atoms with Crippen LogP contribution in [0.2, 0.25) is 0 Å². The Morgan fingerprint density at radius 2 is 1.92 bits per heavy atom. The number of hydrogen-bond donors (Lipinski definition) is 0. The normalized spacial score (nSPS) is 20.7. The van der Waals surface area contributed by atoms with Crippen LogP contribution in [-0.2, 0) is 15.7 Å². The number of nitrogens with zero attached hydrogens (tertiary/aromatic N) is 1. The van der Waals surface area contributed by atoms with Crippen LogP contribution in [0.5, 0.6) is 0 Å². The highest BCUT2D eigenvalue weighted by Gasteiger charge is 2.44. The Balaban J connectivity index is 2.52. The summed E-state index contributed by atoms with van der Waals surface area (Å²) in [4.78, 5) is 25.3. The predicted octanol–water partition coefficient (Wildman–Crippen LogP) is 4.52. The maximum absolute atomic E-state index is 13.0. The van der Waals surface area contributed by atoms with Crippen LogP contribution in [0.4, 0.5) is 23.7 Å². The van der Waals surface area contributed by atoms with Gasteiger partial charge in [0, 0.05) is 0 Å². The smallest absolute Gasteiger partial charge is 0.416 e. The number of aldehydes is 1. The first kappa shape index (κ1) is 18.3. The van der Waals surface area contributed by atoms with Gasteiger partial charge in [0.05, 0.1) is 23.2 Å². The molecule has 1 heterocycles. The van der Waals surface area contributed by atoms with Crippen molar-refractivity contribution < 1.29 is 27.5 Å². The SMILES string of the molecule is CCC1C(C=O)c2cc(C(F)(F)F)ccc2N1C(=O)OC(C)(C)C. The van der Waals surface area contributed by atoms with Crippen LogP contribution in [0.1, 0.15) is 51.2 Å². The minimum atomic E-state index is -4.51. The maximum Gasteiger partial charge on any atom is 0.416 e. The van der Waals surface area contributed by atoms with Gasteiger partial charge >= 0.3 is 12.3 Å². The molecule has 4 nitrogen and oxygen atoms in total. The van der Waals surface area contributed by atoms with E-state index in [4.69, 9.17) is 4.74 Å². The molecule has 0 fully saturated rings. The van der Waals surface area contributed by atoms with E-state index in [1.807, 2.05) is 0 Å². The van der Waals surface area contributed by atoms with Gasteiger partial charge in [-0.25, -0.2) is 4.79 Å². The zero-order valence-electron chi connectivity index (χ0n) is 14.0. The number of halogens is 3. The molecule has 2 atom stereocenters. The molecule has 0 radical (unpaired) electrons. The number of fused-ring (bicyclic) bond motifs is 1. The third-order valence-electron chi connectivity index (χ3n) is 3.87. The number of ether oxygens (including phenoxy) is 1. The summed E-state index contributed by atoms with van der Waals surface area (Å²) in [7, 11) is 0. The lowest BCUT2D eigenvalue weighted by Gasteiger charge is -2.29. The molecule has 0 saturated carbocycles. The Hall–Kier alpha value is -2.05. The fraction of sp³-hybridized carbons (Fsp3) is 0.529. The van der Waals surface area contributed by atoms with Crippen molar-refractivity contribution in [2.24, 2.45) is 0 Å². The summed E-state index contributed by atoms with van der Waals surface area (Å²) in [6, 6.07) is 2.53. The highest BCUT2D eigenvalue weighted by atomic mass is 19.4. The minimum Gasteiger partial charge on any atom is -0.443 e. The number of carbonyl (C=O) groups excluding carboxylic acids is 2. The third kappa shape index (κ3) is 3.39. The van der Waals surface area contributed by atoms with Crippen LogP contribution in [0, 0.1) is 0 Å². The number of benzene rings is 1. The fourth-order valence-electron chi connectivity index (χ4n) is 2.91. The molecule has 1 aromatic rings. The molecule has 0 aliphatic carbocycles. The molecular weight excluding hydrogens is 323 g/mol. The van der Waals surface area contributed by atoms with Gasteiger partial charge in [0.2, 0.25) is 0 Å². The van der Waals surface area contributed by atoms with E-state index in [9.17, 15) is 22.8 Å². The van der Waals surface area contributed by atoms with Crippen LogP contribution in [0.25, 0.3) is 0 Å². The summed E-state index contributed by atoms with van der Waals surface area (Å²) in [6.45, 7) is 6.88. The Labute approximate surface area is 138 Å². The fourth-order valence-corrected chi connectivity index (χ4v) is 2.91. The number of alkyl halides is 3. The molecule has 1 aliphatic rings. The molecule has 1 aromatic carbocycles. The summed E-state index contributed by atoms with van der Waals surface area (Å²) in [5.41, 5.74) is -1.09. The van der Waals surface area contributed by atoms with Crippen molar-refractivity contribution in [3.63, 3.8) is 0 Å². The average molecular weight is 343 g/mol. The summed E-state index contributed by atoms with van der Waals surface area (Å²) in [6.07, 6.45) is -4.17. The lowest BCUT2D eigenvalue weighted by atomic mass is 9.94. The number of amides is 1. The molecule has 0 saturated heterocycles. The van der Waals surface area contributed by atoms with Gasteiger partial charge < -0.3 is 9.53 Å². The van der Waals surface area contributed by atoms with E-state index in [0.717, 1.165) is 12.1 Å². The molecule has 1 aliphatic heterocycles. The molecule has 0 aromatic heterocycles. The molecule has 0 N–H and O–H groups in total. The van der Waals surface area contributed by atoms with E-state index in [2.05, 4.69) is 0 Å². The molecule has 132 valence electrons. The van der Waals surface area contributed by atoms with E-state index in [-0.39, 0.29) is 5.56 Å². The Bertz CT molecular complexity index is 649. The second-order valence-electron chi connectivity index (χ2n) is 6.76. The molecule has 24 heavy (non-hydrogen) atoms. The van der Waals surface area contributed by atoms with Crippen molar-refractivity contribution in [3.05, 3.63) is 29.3 Å². The van der Waals surface area contributed by atoms with Gasteiger partial charge in [-0.15, -0.1) is 0 Å². The van der Waals surface area contributed by atoms with E-state index >= 15 is 0 Å². The van der Waals surface area contributed by atoms with Crippen molar-refractivity contribution >= 4 is 18.1 Å². The van der Waals surface area contributed by atoms with Gasteiger partial charge in [-0.3, -0.25) is 4.90 Å². The molecule has 0 bridgehead atoms. The Kier molecular flexibility index (Phi) is 4.65. The Morgan fingerprint density at radius 1 is 1.29 bits per heavy atom. The van der Waals surface area contributed by atoms with Gasteiger partial charge in [0.1, 0.15) is 11.9 Å². The lowest BCUT2D eigenvalue weighted by molar-refractivity contribution is -0.137. The molecule has 1 amide bonds. The Morgan fingerprint density at radius 3 is 2.38 bits per heavy atom. The van der Waals surface area contributed by atoms with Gasteiger partial charge in [-0.1, -0.05) is 6.92 Å². The third-order valence-corrected chi connectivity index (χ3v) is 3.87. The van der Waals surface area contributed by atoms with E-state index < -0.39 is 35.4 Å². The van der Waals surface area contributed by atoms with Crippen molar-refractivity contribution in [1.29, 1.82) is 0 Å². The zero-order chi connectivity index (χ0) is 18.3. The van der Waals surface area contributed by atoms with Gasteiger partial charge in [0.15, 0.2) is 0 Å². The second kappa shape index (κ2) is 6.11. The summed E-state index contributed by atoms with van der Waals surface area (Å²) >= 11 is 0. The quantitative estimate of drug-likeness (QED) is 0.742. The highest BCUT2D eigenvalue weighted by Crippen LogP contribution is 2.44. The molecule has 7 heteroatoms. The highest BCUT2D eigenvalue weighted by molar-refractivity contribution is 5.95. The van der Waals surface area contributed by atoms with Crippen LogP contribution >= 0.6 is 0 Å². The van der Waals surface area contributed by atoms with Crippen LogP contribution in [0.3, 0.4) is 0 Å². The summed E-state index contributed by atoms with van der Waals surface area (Å²) < 4.78 is 44.2. The van der Waals surface area contributed by atoms with Crippen molar-refractivity contribution in [3.8, 4) is 0 Å². The van der Waals surface area contributed by atoms with Crippen molar-refractivity contribution in [2.75, 3.05) is 4.90 Å². The van der Waals surface area contributed by atoms with Gasteiger partial charge in [-0.05, 0) is 51.0 Å².